The van der Waals surface area contributed by atoms with Gasteiger partial charge >= 0.3 is 0 Å². The maximum absolute atomic E-state index is 5.24. The number of hydrogen-bond donors (Lipinski definition) is 1. The minimum atomic E-state index is 0.419. The first-order valence-corrected chi connectivity index (χ1v) is 6.50. The van der Waals surface area contributed by atoms with Crippen LogP contribution in [0.2, 0.25) is 0 Å². The lowest BCUT2D eigenvalue weighted by atomic mass is 9.83. The van der Waals surface area contributed by atoms with Gasteiger partial charge in [0.05, 0.1) is 0 Å². The van der Waals surface area contributed by atoms with Crippen LogP contribution in [0.15, 0.2) is 4.99 Å². The lowest BCUT2D eigenvalue weighted by molar-refractivity contribution is 0.138. The smallest absolute Gasteiger partial charge is 0.193 e. The molecule has 0 saturated heterocycles. The average molecular weight is 241 g/mol. The fourth-order valence-corrected chi connectivity index (χ4v) is 2.66. The first-order chi connectivity index (χ1) is 8.13. The summed E-state index contributed by atoms with van der Waals surface area (Å²) in [4.78, 5) is 6.29. The molecule has 0 unspecified atom stereocenters. The lowest BCUT2D eigenvalue weighted by Crippen LogP contribution is -2.42. The van der Waals surface area contributed by atoms with E-state index in [2.05, 4.69) is 10.3 Å². The SMILES string of the molecule is CN=C(NCC1(CCOC)CCCC1)N(C)C. The van der Waals surface area contributed by atoms with Crippen LogP contribution >= 0.6 is 0 Å². The minimum absolute atomic E-state index is 0.419. The Kier molecular flexibility index (Phi) is 5.75. The van der Waals surface area contributed by atoms with Crippen LogP contribution < -0.4 is 5.32 Å². The highest BCUT2D eigenvalue weighted by molar-refractivity contribution is 5.79. The number of aliphatic imine (C=N–C) groups is 1. The zero-order chi connectivity index (χ0) is 12.7. The van der Waals surface area contributed by atoms with Gasteiger partial charge in [0.15, 0.2) is 5.96 Å². The number of nitrogens with zero attached hydrogens (tertiary/aromatic N) is 2. The van der Waals surface area contributed by atoms with Gasteiger partial charge in [0.25, 0.3) is 0 Å². The number of hydrogen-bond acceptors (Lipinski definition) is 2. The number of nitrogens with one attached hydrogen (secondary N) is 1. The van der Waals surface area contributed by atoms with Gasteiger partial charge in [0, 0.05) is 41.4 Å². The van der Waals surface area contributed by atoms with Crippen LogP contribution in [0.25, 0.3) is 0 Å². The monoisotopic (exact) mass is 241 g/mol. The molecule has 100 valence electrons. The van der Waals surface area contributed by atoms with Gasteiger partial charge in [-0.2, -0.15) is 0 Å². The zero-order valence-corrected chi connectivity index (χ0v) is 11.8. The summed E-state index contributed by atoms with van der Waals surface area (Å²) in [6.45, 7) is 1.88. The number of rotatable bonds is 5. The Bertz CT molecular complexity index is 245. The molecule has 0 atom stereocenters. The van der Waals surface area contributed by atoms with Crippen LogP contribution in [0.4, 0.5) is 0 Å². The predicted octanol–water partition coefficient (Wildman–Crippen LogP) is 1.72. The van der Waals surface area contributed by atoms with Crippen molar-refractivity contribution in [3.8, 4) is 0 Å². The molecule has 0 aromatic rings. The molecule has 4 nitrogen and oxygen atoms in total. The highest BCUT2D eigenvalue weighted by atomic mass is 16.5. The molecule has 1 fully saturated rings. The molecule has 1 aliphatic carbocycles. The molecule has 0 radical (unpaired) electrons. The van der Waals surface area contributed by atoms with E-state index in [1.54, 1.807) is 7.11 Å². The highest BCUT2D eigenvalue weighted by Crippen LogP contribution is 2.40. The van der Waals surface area contributed by atoms with Crippen molar-refractivity contribution in [2.75, 3.05) is 41.4 Å². The van der Waals surface area contributed by atoms with E-state index in [4.69, 9.17) is 4.74 Å². The molecule has 0 spiro atoms. The van der Waals surface area contributed by atoms with Gasteiger partial charge < -0.3 is 15.0 Å². The zero-order valence-electron chi connectivity index (χ0n) is 11.8. The van der Waals surface area contributed by atoms with Gasteiger partial charge in [-0.3, -0.25) is 4.99 Å². The fraction of sp³-hybridized carbons (Fsp3) is 0.923. The van der Waals surface area contributed by atoms with Crippen molar-refractivity contribution in [3.63, 3.8) is 0 Å². The Balaban J connectivity index is 2.49. The fourth-order valence-electron chi connectivity index (χ4n) is 2.66. The maximum atomic E-state index is 5.24. The van der Waals surface area contributed by atoms with Crippen LogP contribution in [0.3, 0.4) is 0 Å². The van der Waals surface area contributed by atoms with Crippen LogP contribution in [-0.2, 0) is 4.74 Å². The van der Waals surface area contributed by atoms with Crippen molar-refractivity contribution in [1.29, 1.82) is 0 Å². The van der Waals surface area contributed by atoms with Gasteiger partial charge in [-0.1, -0.05) is 12.8 Å². The van der Waals surface area contributed by atoms with Crippen molar-refractivity contribution >= 4 is 5.96 Å². The molecule has 1 rings (SSSR count). The summed E-state index contributed by atoms with van der Waals surface area (Å²) in [6, 6.07) is 0. The largest absolute Gasteiger partial charge is 0.385 e. The van der Waals surface area contributed by atoms with E-state index >= 15 is 0 Å². The Morgan fingerprint density at radius 3 is 2.47 bits per heavy atom. The molecule has 4 heteroatoms. The van der Waals surface area contributed by atoms with Crippen LogP contribution in [0.5, 0.6) is 0 Å². The van der Waals surface area contributed by atoms with E-state index in [1.807, 2.05) is 26.0 Å². The Morgan fingerprint density at radius 1 is 1.35 bits per heavy atom. The van der Waals surface area contributed by atoms with Crippen LogP contribution in [-0.4, -0.2) is 52.3 Å². The molecule has 0 bridgehead atoms. The number of methoxy groups -OCH3 is 1. The van der Waals surface area contributed by atoms with Gasteiger partial charge in [-0.15, -0.1) is 0 Å². The molecule has 0 aromatic carbocycles. The van der Waals surface area contributed by atoms with Crippen molar-refractivity contribution in [2.24, 2.45) is 10.4 Å². The van der Waals surface area contributed by atoms with E-state index in [0.717, 1.165) is 25.5 Å². The second-order valence-electron chi connectivity index (χ2n) is 5.25. The molecule has 0 aromatic heterocycles. The summed E-state index contributed by atoms with van der Waals surface area (Å²) in [5, 5.41) is 3.48. The van der Waals surface area contributed by atoms with E-state index in [0.29, 0.717) is 5.41 Å². The van der Waals surface area contributed by atoms with E-state index in [-0.39, 0.29) is 0 Å². The first kappa shape index (κ1) is 14.3. The molecule has 1 saturated carbocycles. The maximum Gasteiger partial charge on any atom is 0.193 e. The summed E-state index contributed by atoms with van der Waals surface area (Å²) in [7, 11) is 7.66. The second-order valence-corrected chi connectivity index (χ2v) is 5.25. The van der Waals surface area contributed by atoms with Crippen molar-refractivity contribution < 1.29 is 4.74 Å². The van der Waals surface area contributed by atoms with Crippen molar-refractivity contribution in [1.82, 2.24) is 10.2 Å². The van der Waals surface area contributed by atoms with Gasteiger partial charge in [0.1, 0.15) is 0 Å². The van der Waals surface area contributed by atoms with Gasteiger partial charge in [0.2, 0.25) is 0 Å². The van der Waals surface area contributed by atoms with E-state index in [9.17, 15) is 0 Å². The second kappa shape index (κ2) is 6.84. The minimum Gasteiger partial charge on any atom is -0.385 e. The van der Waals surface area contributed by atoms with Crippen LogP contribution in [0.1, 0.15) is 32.1 Å². The molecular formula is C13H27N3O. The summed E-state index contributed by atoms with van der Waals surface area (Å²) < 4.78 is 5.24. The van der Waals surface area contributed by atoms with Crippen molar-refractivity contribution in [3.05, 3.63) is 0 Å². The number of ether oxygens (including phenoxy) is 1. The Morgan fingerprint density at radius 2 is 2.00 bits per heavy atom. The third kappa shape index (κ3) is 4.19. The third-order valence-electron chi connectivity index (χ3n) is 3.76. The molecule has 1 aliphatic rings. The molecule has 17 heavy (non-hydrogen) atoms. The summed E-state index contributed by atoms with van der Waals surface area (Å²) >= 11 is 0. The molecule has 0 heterocycles. The number of guanidine groups is 1. The predicted molar refractivity (Wildman–Crippen MR) is 72.4 cm³/mol. The molecular weight excluding hydrogens is 214 g/mol. The topological polar surface area (TPSA) is 36.9 Å². The van der Waals surface area contributed by atoms with Gasteiger partial charge in [-0.05, 0) is 24.7 Å². The molecule has 0 aliphatic heterocycles. The Labute approximate surface area is 105 Å². The highest BCUT2D eigenvalue weighted by Gasteiger charge is 2.33. The van der Waals surface area contributed by atoms with Gasteiger partial charge in [-0.25, -0.2) is 0 Å². The standard InChI is InChI=1S/C13H27N3O/c1-14-12(16(2)3)15-11-13(9-10-17-4)7-5-6-8-13/h5-11H2,1-4H3,(H,14,15). The first-order valence-electron chi connectivity index (χ1n) is 6.50. The Hall–Kier alpha value is -0.770. The summed E-state index contributed by atoms with van der Waals surface area (Å²) in [6.07, 6.45) is 6.49. The average Bonchev–Trinajstić information content (AvgIpc) is 2.76. The summed E-state index contributed by atoms with van der Waals surface area (Å²) in [5.41, 5.74) is 0.419. The normalized spacial score (nSPS) is 19.4. The molecule has 1 N–H and O–H groups in total. The van der Waals surface area contributed by atoms with Crippen molar-refractivity contribution in [2.45, 2.75) is 32.1 Å². The summed E-state index contributed by atoms with van der Waals surface area (Å²) in [5.74, 6) is 0.966. The van der Waals surface area contributed by atoms with E-state index < -0.39 is 0 Å². The lowest BCUT2D eigenvalue weighted by Gasteiger charge is -2.30. The molecule has 0 amide bonds. The quantitative estimate of drug-likeness (QED) is 0.588. The van der Waals surface area contributed by atoms with Crippen LogP contribution in [0, 0.1) is 5.41 Å². The van der Waals surface area contributed by atoms with E-state index in [1.165, 1.54) is 25.7 Å². The third-order valence-corrected chi connectivity index (χ3v) is 3.76.